The SMILES string of the molecule is CC1CN(C)CC1NC(N)=O. The minimum Gasteiger partial charge on any atom is -0.352 e. The Morgan fingerprint density at radius 2 is 2.27 bits per heavy atom. The molecule has 0 aromatic carbocycles. The van der Waals surface area contributed by atoms with Crippen LogP contribution >= 0.6 is 0 Å². The second kappa shape index (κ2) is 3.09. The van der Waals surface area contributed by atoms with Crippen molar-refractivity contribution in [1.82, 2.24) is 10.2 Å². The second-order valence-electron chi connectivity index (χ2n) is 3.31. The van der Waals surface area contributed by atoms with Crippen molar-refractivity contribution < 1.29 is 4.79 Å². The number of likely N-dealkylation sites (N-methyl/N-ethyl adjacent to an activating group) is 1. The molecule has 2 unspecified atom stereocenters. The molecule has 0 aromatic rings. The molecule has 64 valence electrons. The zero-order valence-corrected chi connectivity index (χ0v) is 7.00. The van der Waals surface area contributed by atoms with Crippen LogP contribution in [0, 0.1) is 5.92 Å². The van der Waals surface area contributed by atoms with Crippen LogP contribution in [0.15, 0.2) is 0 Å². The maximum Gasteiger partial charge on any atom is 0.312 e. The van der Waals surface area contributed by atoms with Crippen LogP contribution in [0.4, 0.5) is 4.79 Å². The number of nitrogens with one attached hydrogen (secondary N) is 1. The fourth-order valence-corrected chi connectivity index (χ4v) is 1.58. The Hall–Kier alpha value is -0.770. The molecule has 0 spiro atoms. The van der Waals surface area contributed by atoms with E-state index in [9.17, 15) is 4.79 Å². The molecule has 1 saturated heterocycles. The Morgan fingerprint density at radius 3 is 2.64 bits per heavy atom. The van der Waals surface area contributed by atoms with Crippen LogP contribution < -0.4 is 11.1 Å². The molecule has 4 nitrogen and oxygen atoms in total. The first-order valence-corrected chi connectivity index (χ1v) is 3.84. The number of carbonyl (C=O) groups excluding carboxylic acids is 1. The molecule has 1 aliphatic rings. The minimum atomic E-state index is -0.419. The molecule has 2 atom stereocenters. The summed E-state index contributed by atoms with van der Waals surface area (Å²) in [5.41, 5.74) is 5.01. The van der Waals surface area contributed by atoms with Crippen LogP contribution in [0.3, 0.4) is 0 Å². The van der Waals surface area contributed by atoms with E-state index in [1.807, 2.05) is 7.05 Å². The average Bonchev–Trinajstić information content (AvgIpc) is 2.09. The molecule has 4 heteroatoms. The lowest BCUT2D eigenvalue weighted by molar-refractivity contribution is 0.243. The monoisotopic (exact) mass is 157 g/mol. The van der Waals surface area contributed by atoms with Crippen molar-refractivity contribution in [3.05, 3.63) is 0 Å². The van der Waals surface area contributed by atoms with E-state index in [-0.39, 0.29) is 6.04 Å². The van der Waals surface area contributed by atoms with E-state index in [0.29, 0.717) is 5.92 Å². The molecular weight excluding hydrogens is 142 g/mol. The standard InChI is InChI=1S/C7H15N3O/c1-5-3-10(2)4-6(5)9-7(8)11/h5-6H,3-4H2,1-2H3,(H3,8,9,11). The van der Waals surface area contributed by atoms with Crippen LogP contribution in [0.2, 0.25) is 0 Å². The topological polar surface area (TPSA) is 58.4 Å². The quantitative estimate of drug-likeness (QED) is 0.544. The Kier molecular flexibility index (Phi) is 2.34. The number of amides is 2. The van der Waals surface area contributed by atoms with Gasteiger partial charge in [0, 0.05) is 19.1 Å². The van der Waals surface area contributed by atoms with E-state index in [4.69, 9.17) is 5.73 Å². The number of nitrogens with zero attached hydrogens (tertiary/aromatic N) is 1. The largest absolute Gasteiger partial charge is 0.352 e. The highest BCUT2D eigenvalue weighted by molar-refractivity contribution is 5.72. The maximum absolute atomic E-state index is 10.5. The highest BCUT2D eigenvalue weighted by Crippen LogP contribution is 2.13. The van der Waals surface area contributed by atoms with Crippen molar-refractivity contribution in [1.29, 1.82) is 0 Å². The van der Waals surface area contributed by atoms with Crippen molar-refractivity contribution in [3.8, 4) is 0 Å². The first-order valence-electron chi connectivity index (χ1n) is 3.84. The van der Waals surface area contributed by atoms with Gasteiger partial charge in [-0.15, -0.1) is 0 Å². The molecular formula is C7H15N3O. The number of hydrogen-bond acceptors (Lipinski definition) is 2. The molecule has 0 aromatic heterocycles. The van der Waals surface area contributed by atoms with Crippen LogP contribution in [0.1, 0.15) is 6.92 Å². The van der Waals surface area contributed by atoms with Crippen molar-refractivity contribution in [2.75, 3.05) is 20.1 Å². The molecule has 1 rings (SSSR count). The zero-order valence-electron chi connectivity index (χ0n) is 7.00. The van der Waals surface area contributed by atoms with Gasteiger partial charge < -0.3 is 16.0 Å². The highest BCUT2D eigenvalue weighted by Gasteiger charge is 2.27. The molecule has 1 heterocycles. The molecule has 1 fully saturated rings. The third-order valence-corrected chi connectivity index (χ3v) is 2.12. The highest BCUT2D eigenvalue weighted by atomic mass is 16.2. The van der Waals surface area contributed by atoms with Crippen LogP contribution in [0.25, 0.3) is 0 Å². The second-order valence-corrected chi connectivity index (χ2v) is 3.31. The lowest BCUT2D eigenvalue weighted by Gasteiger charge is -2.13. The normalized spacial score (nSPS) is 32.2. The lowest BCUT2D eigenvalue weighted by atomic mass is 10.1. The van der Waals surface area contributed by atoms with Crippen molar-refractivity contribution in [2.45, 2.75) is 13.0 Å². The number of urea groups is 1. The Balaban J connectivity index is 2.40. The molecule has 0 radical (unpaired) electrons. The first kappa shape index (κ1) is 8.33. The van der Waals surface area contributed by atoms with Gasteiger partial charge in [0.05, 0.1) is 0 Å². The maximum atomic E-state index is 10.5. The third-order valence-electron chi connectivity index (χ3n) is 2.12. The number of nitrogens with two attached hydrogens (primary N) is 1. The van der Waals surface area contributed by atoms with Gasteiger partial charge in [-0.1, -0.05) is 6.92 Å². The third kappa shape index (κ3) is 2.08. The van der Waals surface area contributed by atoms with Crippen molar-refractivity contribution in [3.63, 3.8) is 0 Å². The number of likely N-dealkylation sites (tertiary alicyclic amines) is 1. The summed E-state index contributed by atoms with van der Waals surface area (Å²) in [6, 6.07) is -0.186. The predicted octanol–water partition coefficient (Wildman–Crippen LogP) is -0.395. The summed E-state index contributed by atoms with van der Waals surface area (Å²) in [5, 5.41) is 2.72. The number of rotatable bonds is 1. The van der Waals surface area contributed by atoms with E-state index < -0.39 is 6.03 Å². The van der Waals surface area contributed by atoms with Gasteiger partial charge in [0.1, 0.15) is 0 Å². The summed E-state index contributed by atoms with van der Waals surface area (Å²) in [5.74, 6) is 0.507. The summed E-state index contributed by atoms with van der Waals surface area (Å²) in [6.45, 7) is 4.05. The van der Waals surface area contributed by atoms with Gasteiger partial charge in [0.25, 0.3) is 0 Å². The van der Waals surface area contributed by atoms with Gasteiger partial charge in [-0.05, 0) is 13.0 Å². The first-order chi connectivity index (χ1) is 5.09. The van der Waals surface area contributed by atoms with E-state index >= 15 is 0 Å². The Labute approximate surface area is 66.7 Å². The molecule has 3 N–H and O–H groups in total. The Bertz CT molecular complexity index is 160. The summed E-state index contributed by atoms with van der Waals surface area (Å²) in [4.78, 5) is 12.7. The average molecular weight is 157 g/mol. The minimum absolute atomic E-state index is 0.234. The van der Waals surface area contributed by atoms with Gasteiger partial charge >= 0.3 is 6.03 Å². The Morgan fingerprint density at radius 1 is 1.64 bits per heavy atom. The van der Waals surface area contributed by atoms with Gasteiger partial charge in [-0.3, -0.25) is 0 Å². The molecule has 11 heavy (non-hydrogen) atoms. The summed E-state index contributed by atoms with van der Waals surface area (Å²) < 4.78 is 0. The van der Waals surface area contributed by atoms with Crippen LogP contribution in [-0.4, -0.2) is 37.1 Å². The van der Waals surface area contributed by atoms with Gasteiger partial charge in [-0.2, -0.15) is 0 Å². The van der Waals surface area contributed by atoms with Gasteiger partial charge in [0.2, 0.25) is 0 Å². The molecule has 0 aliphatic carbocycles. The van der Waals surface area contributed by atoms with E-state index in [1.165, 1.54) is 0 Å². The fourth-order valence-electron chi connectivity index (χ4n) is 1.58. The predicted molar refractivity (Wildman–Crippen MR) is 43.2 cm³/mol. The van der Waals surface area contributed by atoms with Gasteiger partial charge in [0.15, 0.2) is 0 Å². The molecule has 2 amide bonds. The lowest BCUT2D eigenvalue weighted by Crippen LogP contribution is -2.42. The van der Waals surface area contributed by atoms with E-state index in [0.717, 1.165) is 13.1 Å². The smallest absolute Gasteiger partial charge is 0.312 e. The molecule has 0 saturated carbocycles. The number of primary amides is 1. The number of hydrogen-bond donors (Lipinski definition) is 2. The molecule has 0 bridgehead atoms. The van der Waals surface area contributed by atoms with Crippen molar-refractivity contribution in [2.24, 2.45) is 11.7 Å². The zero-order chi connectivity index (χ0) is 8.43. The summed E-state index contributed by atoms with van der Waals surface area (Å²) in [7, 11) is 2.04. The number of carbonyl (C=O) groups is 1. The van der Waals surface area contributed by atoms with Crippen LogP contribution in [0.5, 0.6) is 0 Å². The van der Waals surface area contributed by atoms with Crippen LogP contribution in [-0.2, 0) is 0 Å². The summed E-state index contributed by atoms with van der Waals surface area (Å²) >= 11 is 0. The fraction of sp³-hybridized carbons (Fsp3) is 0.857. The van der Waals surface area contributed by atoms with E-state index in [2.05, 4.69) is 17.1 Å². The van der Waals surface area contributed by atoms with E-state index in [1.54, 1.807) is 0 Å². The van der Waals surface area contributed by atoms with Crippen molar-refractivity contribution >= 4 is 6.03 Å². The molecule has 1 aliphatic heterocycles. The van der Waals surface area contributed by atoms with Gasteiger partial charge in [-0.25, -0.2) is 4.79 Å². The summed E-state index contributed by atoms with van der Waals surface area (Å²) in [6.07, 6.45) is 0.